The van der Waals surface area contributed by atoms with E-state index in [9.17, 15) is 14.7 Å². The maximum Gasteiger partial charge on any atom is 1.00 e. The molecule has 12 heteroatoms. The van der Waals surface area contributed by atoms with Gasteiger partial charge >= 0.3 is 25.0 Å². The summed E-state index contributed by atoms with van der Waals surface area (Å²) >= 11 is 0. The predicted octanol–water partition coefficient (Wildman–Crippen LogP) is -1.19. The Bertz CT molecular complexity index is 1320. The van der Waals surface area contributed by atoms with Crippen molar-refractivity contribution in [3.63, 3.8) is 0 Å². The molecule has 0 bridgehead atoms. The van der Waals surface area contributed by atoms with Crippen LogP contribution in [0.15, 0.2) is 42.6 Å². The van der Waals surface area contributed by atoms with Gasteiger partial charge in [0.1, 0.15) is 19.3 Å². The zero-order valence-corrected chi connectivity index (χ0v) is 22.1. The number of aromatic nitrogens is 2. The third-order valence-electron chi connectivity index (χ3n) is 6.58. The molecule has 39 heavy (non-hydrogen) atoms. The van der Waals surface area contributed by atoms with Gasteiger partial charge in [-0.15, -0.1) is 0 Å². The van der Waals surface area contributed by atoms with E-state index >= 15 is 0 Å². The van der Waals surface area contributed by atoms with Gasteiger partial charge in [0, 0.05) is 37.4 Å². The Kier molecular flexibility index (Phi) is 9.51. The van der Waals surface area contributed by atoms with Crippen LogP contribution in [0.3, 0.4) is 0 Å². The summed E-state index contributed by atoms with van der Waals surface area (Å²) in [5.74, 6) is 0.644. The van der Waals surface area contributed by atoms with E-state index in [0.29, 0.717) is 62.5 Å². The first-order valence-electron chi connectivity index (χ1n) is 12.6. The number of carboxylic acid groups (broad SMARTS) is 1. The van der Waals surface area contributed by atoms with Crippen LogP contribution in [0.4, 0.5) is 10.5 Å². The fraction of sp³-hybridized carbons (Fsp3) is 0.407. The molecule has 1 amide bonds. The molecule has 2 aromatic heterocycles. The number of aryl methyl sites for hydroxylation is 1. The Hall–Kier alpha value is -3.52. The molecule has 11 nitrogen and oxygen atoms in total. The zero-order valence-electron chi connectivity index (χ0n) is 22.1. The standard InChI is InChI=1S/C27H30N4O7.Li/c1-35-24-7-5-21-26(29-24)18(8-10-28-21)3-2-11-30(12-9-25(32)33)16-20-17-31(27(34)38-20)19-4-6-22-23(15-19)37-14-13-36-22;/h4-8,10,15,20H,2-3,9,11-14,16-17H2,1H3,(H,32,33);/q;+1/p-1/t20-;/m1./s1. The molecule has 4 heterocycles. The number of hydrogen-bond donors (Lipinski definition) is 0. The summed E-state index contributed by atoms with van der Waals surface area (Å²) in [5, 5.41) is 11.2. The smallest absolute Gasteiger partial charge is 0.550 e. The minimum absolute atomic E-state index is 0. The van der Waals surface area contributed by atoms with Crippen LogP contribution in [0, 0.1) is 0 Å². The van der Waals surface area contributed by atoms with Crippen LogP contribution in [0.1, 0.15) is 18.4 Å². The van der Waals surface area contributed by atoms with Gasteiger partial charge in [-0.05, 0) is 55.6 Å². The van der Waals surface area contributed by atoms with E-state index < -0.39 is 18.2 Å². The molecule has 0 unspecified atom stereocenters. The number of fused-ring (bicyclic) bond motifs is 2. The van der Waals surface area contributed by atoms with Gasteiger partial charge in [-0.3, -0.25) is 14.8 Å². The Labute approximate surface area is 238 Å². The Morgan fingerprint density at radius 1 is 1.15 bits per heavy atom. The van der Waals surface area contributed by atoms with Crippen molar-refractivity contribution in [1.82, 2.24) is 14.9 Å². The third kappa shape index (κ3) is 6.92. The minimum Gasteiger partial charge on any atom is -0.550 e. The van der Waals surface area contributed by atoms with Gasteiger partial charge in [0.05, 0.1) is 30.4 Å². The number of benzene rings is 1. The van der Waals surface area contributed by atoms with Crippen molar-refractivity contribution in [3.8, 4) is 17.4 Å². The molecular weight excluding hydrogens is 499 g/mol. The molecular formula is C27H29LiN4O7. The summed E-state index contributed by atoms with van der Waals surface area (Å²) in [6.07, 6.45) is 2.25. The fourth-order valence-electron chi connectivity index (χ4n) is 4.73. The summed E-state index contributed by atoms with van der Waals surface area (Å²) in [6.45, 7) is 2.60. The van der Waals surface area contributed by atoms with Crippen molar-refractivity contribution in [2.24, 2.45) is 0 Å². The van der Waals surface area contributed by atoms with E-state index in [1.807, 2.05) is 17.0 Å². The number of nitrogens with zero attached hydrogens (tertiary/aromatic N) is 4. The normalized spacial score (nSPS) is 16.2. The van der Waals surface area contributed by atoms with Crippen molar-refractivity contribution in [1.29, 1.82) is 0 Å². The molecule has 0 N–H and O–H groups in total. The number of methoxy groups -OCH3 is 1. The predicted molar refractivity (Wildman–Crippen MR) is 136 cm³/mol. The first-order valence-corrected chi connectivity index (χ1v) is 12.6. The Morgan fingerprint density at radius 3 is 2.77 bits per heavy atom. The summed E-state index contributed by atoms with van der Waals surface area (Å²) in [4.78, 5) is 36.3. The summed E-state index contributed by atoms with van der Waals surface area (Å²) in [6, 6.07) is 10.9. The number of anilines is 1. The van der Waals surface area contributed by atoms with Gasteiger partial charge in [-0.1, -0.05) is 0 Å². The quantitative estimate of drug-likeness (QED) is 0.281. The second-order valence-corrected chi connectivity index (χ2v) is 9.16. The second kappa shape index (κ2) is 13.0. The van der Waals surface area contributed by atoms with E-state index in [-0.39, 0.29) is 25.3 Å². The van der Waals surface area contributed by atoms with Crippen LogP contribution in [-0.2, 0) is 16.0 Å². The summed E-state index contributed by atoms with van der Waals surface area (Å²) in [7, 11) is 1.57. The largest absolute Gasteiger partial charge is 1.00 e. The first kappa shape index (κ1) is 28.5. The number of carbonyl (C=O) groups excluding carboxylic acids is 2. The first-order chi connectivity index (χ1) is 18.5. The van der Waals surface area contributed by atoms with Crippen LogP contribution < -0.4 is 43.1 Å². The molecule has 0 saturated carbocycles. The number of amides is 1. The monoisotopic (exact) mass is 528 g/mol. The average Bonchev–Trinajstić information content (AvgIpc) is 3.30. The number of hydrogen-bond acceptors (Lipinski definition) is 10. The van der Waals surface area contributed by atoms with Crippen LogP contribution in [0.5, 0.6) is 17.4 Å². The SMILES string of the molecule is COc1ccc2nccc(CCCN(CCC(=O)[O-])C[C@@H]3CN(c4ccc5c(c4)OCCO5)C(=O)O3)c2n1.[Li+]. The Balaban J connectivity index is 0.00000353. The molecule has 3 aromatic rings. The van der Waals surface area contributed by atoms with Crippen LogP contribution in [0.25, 0.3) is 11.0 Å². The molecule has 0 radical (unpaired) electrons. The van der Waals surface area contributed by atoms with Crippen molar-refractivity contribution < 1.29 is 52.5 Å². The van der Waals surface area contributed by atoms with E-state index in [1.165, 1.54) is 0 Å². The maximum atomic E-state index is 12.7. The summed E-state index contributed by atoms with van der Waals surface area (Å²) < 4.78 is 22.1. The number of carboxylic acids is 1. The molecule has 200 valence electrons. The van der Waals surface area contributed by atoms with Crippen molar-refractivity contribution >= 4 is 28.8 Å². The minimum atomic E-state index is -1.12. The van der Waals surface area contributed by atoms with E-state index in [0.717, 1.165) is 29.4 Å². The molecule has 1 saturated heterocycles. The topological polar surface area (TPSA) is 126 Å². The molecule has 2 aliphatic rings. The molecule has 2 aliphatic heterocycles. The van der Waals surface area contributed by atoms with E-state index in [4.69, 9.17) is 18.9 Å². The summed E-state index contributed by atoms with van der Waals surface area (Å²) in [5.41, 5.74) is 3.27. The number of rotatable bonds is 11. The molecule has 1 aromatic carbocycles. The Morgan fingerprint density at radius 2 is 1.97 bits per heavy atom. The van der Waals surface area contributed by atoms with E-state index in [2.05, 4.69) is 9.97 Å². The molecule has 5 rings (SSSR count). The van der Waals surface area contributed by atoms with Gasteiger partial charge in [-0.25, -0.2) is 9.78 Å². The van der Waals surface area contributed by atoms with Crippen LogP contribution >= 0.6 is 0 Å². The van der Waals surface area contributed by atoms with Crippen LogP contribution in [0.2, 0.25) is 0 Å². The number of aliphatic carboxylic acids is 1. The van der Waals surface area contributed by atoms with E-state index in [1.54, 1.807) is 42.5 Å². The maximum absolute atomic E-state index is 12.7. The zero-order chi connectivity index (χ0) is 26.5. The molecule has 0 aliphatic carbocycles. The van der Waals surface area contributed by atoms with Gasteiger partial charge < -0.3 is 28.8 Å². The fourth-order valence-corrected chi connectivity index (χ4v) is 4.73. The third-order valence-corrected chi connectivity index (χ3v) is 6.58. The van der Waals surface area contributed by atoms with Gasteiger partial charge in [-0.2, -0.15) is 0 Å². The molecule has 0 spiro atoms. The van der Waals surface area contributed by atoms with Gasteiger partial charge in [0.15, 0.2) is 11.5 Å². The van der Waals surface area contributed by atoms with Crippen LogP contribution in [-0.4, -0.2) is 79.5 Å². The number of carbonyl (C=O) groups is 2. The van der Waals surface area contributed by atoms with Crippen molar-refractivity contribution in [3.05, 3.63) is 48.2 Å². The van der Waals surface area contributed by atoms with Crippen molar-refractivity contribution in [2.45, 2.75) is 25.4 Å². The molecule has 1 fully saturated rings. The average molecular weight is 528 g/mol. The number of ether oxygens (including phenoxy) is 4. The van der Waals surface area contributed by atoms with Crippen molar-refractivity contribution in [2.75, 3.05) is 51.4 Å². The van der Waals surface area contributed by atoms with Gasteiger partial charge in [0.25, 0.3) is 0 Å². The second-order valence-electron chi connectivity index (χ2n) is 9.16. The molecule has 1 atom stereocenters. The number of cyclic esters (lactones) is 1. The van der Waals surface area contributed by atoms with Gasteiger partial charge in [0.2, 0.25) is 5.88 Å². The number of pyridine rings is 2.